The highest BCUT2D eigenvalue weighted by Gasteiger charge is 2.25. The fourth-order valence-electron chi connectivity index (χ4n) is 3.94. The van der Waals surface area contributed by atoms with E-state index < -0.39 is 0 Å². The van der Waals surface area contributed by atoms with Gasteiger partial charge >= 0.3 is 0 Å². The number of para-hydroxylation sites is 2. The van der Waals surface area contributed by atoms with Crippen molar-refractivity contribution >= 4 is 33.0 Å². The van der Waals surface area contributed by atoms with Crippen molar-refractivity contribution in [1.82, 2.24) is 14.5 Å². The number of pyridine rings is 1. The first-order chi connectivity index (χ1) is 12.9. The zero-order valence-electron chi connectivity index (χ0n) is 15.9. The number of hydrogen-bond donors (Lipinski definition) is 0. The van der Waals surface area contributed by atoms with E-state index in [1.807, 2.05) is 37.4 Å². The topological polar surface area (TPSA) is 43.9 Å². The molecule has 0 aliphatic carbocycles. The number of aryl methyl sites for hydroxylation is 1. The third kappa shape index (κ3) is 2.29. The van der Waals surface area contributed by atoms with Gasteiger partial charge in [-0.25, -0.2) is 4.98 Å². The van der Waals surface area contributed by atoms with Gasteiger partial charge in [0.15, 0.2) is 0 Å². The summed E-state index contributed by atoms with van der Waals surface area (Å²) in [5.41, 5.74) is 5.66. The number of benzene rings is 2. The molecule has 5 rings (SSSR count). The van der Waals surface area contributed by atoms with Gasteiger partial charge in [0.2, 0.25) is 0 Å². The lowest BCUT2D eigenvalue weighted by molar-refractivity contribution is 0.412. The fraction of sp³-hybridized carbons (Fsp3) is 0.217. The molecule has 0 fully saturated rings. The van der Waals surface area contributed by atoms with Crippen LogP contribution in [0.1, 0.15) is 26.5 Å². The fourth-order valence-corrected chi connectivity index (χ4v) is 3.94. The van der Waals surface area contributed by atoms with Crippen molar-refractivity contribution in [3.05, 3.63) is 60.4 Å². The average molecular weight is 355 g/mol. The normalized spacial score (nSPS) is 12.4. The largest absolute Gasteiger partial charge is 0.455 e. The van der Waals surface area contributed by atoms with Crippen LogP contribution in [0.25, 0.3) is 44.4 Å². The number of imidazole rings is 1. The minimum atomic E-state index is -0.147. The van der Waals surface area contributed by atoms with Crippen LogP contribution in [0.3, 0.4) is 0 Å². The Labute approximate surface area is 157 Å². The Morgan fingerprint density at radius 1 is 0.926 bits per heavy atom. The summed E-state index contributed by atoms with van der Waals surface area (Å²) in [6.45, 7) is 8.63. The second-order valence-electron chi connectivity index (χ2n) is 7.99. The molecule has 0 bridgehead atoms. The molecule has 0 unspecified atom stereocenters. The molecule has 3 heterocycles. The van der Waals surface area contributed by atoms with Gasteiger partial charge in [-0.2, -0.15) is 0 Å². The van der Waals surface area contributed by atoms with E-state index in [-0.39, 0.29) is 5.54 Å². The Morgan fingerprint density at radius 3 is 2.52 bits per heavy atom. The summed E-state index contributed by atoms with van der Waals surface area (Å²) in [5.74, 6) is 0.915. The van der Waals surface area contributed by atoms with Gasteiger partial charge in [0.05, 0.1) is 22.3 Å². The molecular weight excluding hydrogens is 334 g/mol. The molecule has 0 saturated heterocycles. The molecule has 0 N–H and O–H groups in total. The van der Waals surface area contributed by atoms with Crippen LogP contribution in [0.4, 0.5) is 0 Å². The number of fused-ring (bicyclic) bond motifs is 4. The summed E-state index contributed by atoms with van der Waals surface area (Å²) in [7, 11) is 0. The van der Waals surface area contributed by atoms with E-state index in [1.54, 1.807) is 0 Å². The monoisotopic (exact) mass is 355 g/mol. The van der Waals surface area contributed by atoms with Crippen molar-refractivity contribution in [3.8, 4) is 11.4 Å². The Balaban J connectivity index is 1.93. The maximum Gasteiger partial charge on any atom is 0.146 e. The van der Waals surface area contributed by atoms with Crippen molar-refractivity contribution in [2.24, 2.45) is 0 Å². The molecule has 0 amide bonds. The minimum Gasteiger partial charge on any atom is -0.455 e. The number of aromatic nitrogens is 3. The van der Waals surface area contributed by atoms with E-state index in [4.69, 9.17) is 9.40 Å². The quantitative estimate of drug-likeness (QED) is 0.367. The molecule has 0 aliphatic rings. The lowest BCUT2D eigenvalue weighted by atomic mass is 10.0. The van der Waals surface area contributed by atoms with Gasteiger partial charge in [0.25, 0.3) is 0 Å². The van der Waals surface area contributed by atoms with Gasteiger partial charge in [-0.05, 0) is 45.9 Å². The Hall–Kier alpha value is -3.14. The van der Waals surface area contributed by atoms with E-state index in [0.717, 1.165) is 50.1 Å². The predicted molar refractivity (Wildman–Crippen MR) is 110 cm³/mol. The van der Waals surface area contributed by atoms with Crippen LogP contribution in [-0.4, -0.2) is 14.5 Å². The summed E-state index contributed by atoms with van der Waals surface area (Å²) in [6, 6.07) is 16.4. The van der Waals surface area contributed by atoms with Crippen LogP contribution in [0, 0.1) is 6.92 Å². The highest BCUT2D eigenvalue weighted by Crippen LogP contribution is 2.38. The molecule has 0 spiro atoms. The summed E-state index contributed by atoms with van der Waals surface area (Å²) < 4.78 is 8.55. The van der Waals surface area contributed by atoms with Crippen LogP contribution in [-0.2, 0) is 5.54 Å². The first kappa shape index (κ1) is 16.1. The molecule has 5 aromatic rings. The zero-order valence-corrected chi connectivity index (χ0v) is 15.9. The van der Waals surface area contributed by atoms with E-state index in [2.05, 4.69) is 54.6 Å². The second kappa shape index (κ2) is 5.43. The third-order valence-corrected chi connectivity index (χ3v) is 5.06. The smallest absolute Gasteiger partial charge is 0.146 e. The van der Waals surface area contributed by atoms with Crippen molar-refractivity contribution in [1.29, 1.82) is 0 Å². The first-order valence-electron chi connectivity index (χ1n) is 9.20. The van der Waals surface area contributed by atoms with E-state index in [9.17, 15) is 0 Å². The van der Waals surface area contributed by atoms with Crippen LogP contribution >= 0.6 is 0 Å². The highest BCUT2D eigenvalue weighted by molar-refractivity contribution is 6.09. The Kier molecular flexibility index (Phi) is 3.23. The molecule has 4 heteroatoms. The van der Waals surface area contributed by atoms with E-state index in [1.165, 1.54) is 0 Å². The maximum atomic E-state index is 6.26. The number of hydrogen-bond acceptors (Lipinski definition) is 3. The molecule has 0 radical (unpaired) electrons. The molecular formula is C23H21N3O. The highest BCUT2D eigenvalue weighted by atomic mass is 16.3. The third-order valence-electron chi connectivity index (χ3n) is 5.06. The summed E-state index contributed by atoms with van der Waals surface area (Å²) >= 11 is 0. The molecule has 3 aromatic heterocycles. The van der Waals surface area contributed by atoms with E-state index >= 15 is 0 Å². The molecule has 0 atom stereocenters. The Bertz CT molecular complexity index is 1320. The van der Waals surface area contributed by atoms with Gasteiger partial charge < -0.3 is 8.98 Å². The SMILES string of the molecule is Cc1nccc2nc(-c3cccc4c3oc3ccccc34)n(C(C)(C)C)c12. The lowest BCUT2D eigenvalue weighted by Crippen LogP contribution is -2.23. The molecule has 2 aromatic carbocycles. The van der Waals surface area contributed by atoms with Gasteiger partial charge in [-0.1, -0.05) is 30.3 Å². The van der Waals surface area contributed by atoms with Crippen molar-refractivity contribution < 1.29 is 4.42 Å². The predicted octanol–water partition coefficient (Wildman–Crippen LogP) is 6.06. The molecule has 134 valence electrons. The van der Waals surface area contributed by atoms with Crippen molar-refractivity contribution in [2.45, 2.75) is 33.2 Å². The standard InChI is InChI=1S/C23H21N3O/c1-14-20-18(12-13-24-14)25-22(26(20)23(2,3)4)17-10-7-9-16-15-8-5-6-11-19(15)27-21(16)17/h5-13H,1-4H3. The van der Waals surface area contributed by atoms with Gasteiger partial charge in [0, 0.05) is 22.5 Å². The lowest BCUT2D eigenvalue weighted by Gasteiger charge is -2.25. The summed E-state index contributed by atoms with van der Waals surface area (Å²) in [5, 5.41) is 2.25. The molecule has 4 nitrogen and oxygen atoms in total. The van der Waals surface area contributed by atoms with Crippen LogP contribution in [0.5, 0.6) is 0 Å². The molecule has 0 aliphatic heterocycles. The van der Waals surface area contributed by atoms with Crippen molar-refractivity contribution in [2.75, 3.05) is 0 Å². The summed E-state index contributed by atoms with van der Waals surface area (Å²) in [6.07, 6.45) is 1.82. The van der Waals surface area contributed by atoms with E-state index in [0.29, 0.717) is 0 Å². The van der Waals surface area contributed by atoms with Gasteiger partial charge in [-0.15, -0.1) is 0 Å². The second-order valence-corrected chi connectivity index (χ2v) is 7.99. The number of nitrogens with zero attached hydrogens (tertiary/aromatic N) is 3. The maximum absolute atomic E-state index is 6.26. The van der Waals surface area contributed by atoms with Crippen molar-refractivity contribution in [3.63, 3.8) is 0 Å². The van der Waals surface area contributed by atoms with Crippen LogP contribution < -0.4 is 0 Å². The van der Waals surface area contributed by atoms with Crippen LogP contribution in [0.15, 0.2) is 59.1 Å². The minimum absolute atomic E-state index is 0.147. The first-order valence-corrected chi connectivity index (χ1v) is 9.20. The van der Waals surface area contributed by atoms with Crippen LogP contribution in [0.2, 0.25) is 0 Å². The number of furan rings is 1. The summed E-state index contributed by atoms with van der Waals surface area (Å²) in [4.78, 5) is 9.49. The average Bonchev–Trinajstić information content (AvgIpc) is 3.20. The molecule has 0 saturated carbocycles. The Morgan fingerprint density at radius 2 is 1.70 bits per heavy atom. The van der Waals surface area contributed by atoms with Gasteiger partial charge in [0.1, 0.15) is 17.0 Å². The zero-order chi connectivity index (χ0) is 18.8. The molecule has 27 heavy (non-hydrogen) atoms. The number of rotatable bonds is 1. The van der Waals surface area contributed by atoms with Gasteiger partial charge in [-0.3, -0.25) is 4.98 Å².